The third-order valence-corrected chi connectivity index (χ3v) is 6.76. The quantitative estimate of drug-likeness (QED) is 0.839. The van der Waals surface area contributed by atoms with Gasteiger partial charge in [-0.1, -0.05) is 19.4 Å². The molecule has 2 N–H and O–H groups in total. The first-order valence-electron chi connectivity index (χ1n) is 8.88. The Morgan fingerprint density at radius 3 is 2.69 bits per heavy atom. The normalized spacial score (nSPS) is 15.8. The summed E-state index contributed by atoms with van der Waals surface area (Å²) >= 11 is 0. The van der Waals surface area contributed by atoms with Crippen LogP contribution in [-0.2, 0) is 16.4 Å². The first-order valence-corrected chi connectivity index (χ1v) is 10.3. The molecule has 0 radical (unpaired) electrons. The number of sulfonamides is 1. The number of H-pyrrole nitrogens is 1. The summed E-state index contributed by atoms with van der Waals surface area (Å²) in [6.07, 6.45) is 5.19. The number of hydrogen-bond donors (Lipinski definition) is 2. The Bertz CT molecular complexity index is 899. The Morgan fingerprint density at radius 1 is 1.27 bits per heavy atom. The zero-order chi connectivity index (χ0) is 18.7. The van der Waals surface area contributed by atoms with Gasteiger partial charge in [-0.15, -0.1) is 0 Å². The van der Waals surface area contributed by atoms with Gasteiger partial charge in [0.05, 0.1) is 11.1 Å². The number of carbonyl (C=O) groups excluding carboxylic acids is 1. The van der Waals surface area contributed by atoms with Crippen LogP contribution in [0.4, 0.5) is 5.82 Å². The Labute approximate surface area is 153 Å². The first-order chi connectivity index (χ1) is 12.4. The number of hydrogen-bond acceptors (Lipinski definition) is 4. The van der Waals surface area contributed by atoms with E-state index in [0.717, 1.165) is 31.2 Å². The van der Waals surface area contributed by atoms with Gasteiger partial charge in [-0.05, 0) is 43.9 Å². The maximum absolute atomic E-state index is 13.0. The second kappa shape index (κ2) is 7.59. The van der Waals surface area contributed by atoms with Crippen molar-refractivity contribution in [2.45, 2.75) is 44.4 Å². The molecule has 3 rings (SSSR count). The monoisotopic (exact) mass is 376 g/mol. The van der Waals surface area contributed by atoms with Crippen molar-refractivity contribution in [3.8, 4) is 0 Å². The van der Waals surface area contributed by atoms with E-state index >= 15 is 0 Å². The van der Waals surface area contributed by atoms with Gasteiger partial charge in [-0.3, -0.25) is 9.89 Å². The number of nitrogens with one attached hydrogen (secondary N) is 2. The topological polar surface area (TPSA) is 95.2 Å². The predicted molar refractivity (Wildman–Crippen MR) is 99.7 cm³/mol. The molecule has 8 heteroatoms. The number of rotatable bonds is 5. The third kappa shape index (κ3) is 3.66. The summed E-state index contributed by atoms with van der Waals surface area (Å²) < 4.78 is 27.5. The van der Waals surface area contributed by atoms with Gasteiger partial charge in [-0.25, -0.2) is 8.42 Å². The zero-order valence-corrected chi connectivity index (χ0v) is 15.9. The van der Waals surface area contributed by atoms with Crippen LogP contribution < -0.4 is 5.32 Å². The fraction of sp³-hybridized carbons (Fsp3) is 0.444. The van der Waals surface area contributed by atoms with Crippen molar-refractivity contribution in [1.29, 1.82) is 0 Å². The molecule has 1 aromatic heterocycles. The summed E-state index contributed by atoms with van der Waals surface area (Å²) in [6.45, 7) is 4.79. The predicted octanol–water partition coefficient (Wildman–Crippen LogP) is 2.71. The number of piperidine rings is 1. The SMILES string of the molecule is CCc1cn[nH]c1NC(=O)c1ccc(C)c(S(=O)(=O)N2CCCCC2)c1. The van der Waals surface area contributed by atoms with Crippen molar-refractivity contribution >= 4 is 21.7 Å². The molecule has 1 aliphatic rings. The van der Waals surface area contributed by atoms with E-state index in [1.807, 2.05) is 6.92 Å². The van der Waals surface area contributed by atoms with E-state index in [1.165, 1.54) is 10.4 Å². The second-order valence-corrected chi connectivity index (χ2v) is 8.43. The summed E-state index contributed by atoms with van der Waals surface area (Å²) in [5, 5.41) is 9.46. The molecule has 2 aromatic rings. The van der Waals surface area contributed by atoms with Gasteiger partial charge in [-0.2, -0.15) is 9.40 Å². The number of carbonyl (C=O) groups is 1. The average molecular weight is 376 g/mol. The van der Waals surface area contributed by atoms with Crippen LogP contribution in [0.1, 0.15) is 47.7 Å². The molecule has 1 saturated heterocycles. The molecular formula is C18H24N4O3S. The number of benzene rings is 1. The summed E-state index contributed by atoms with van der Waals surface area (Å²) in [4.78, 5) is 12.8. The van der Waals surface area contributed by atoms with E-state index in [-0.39, 0.29) is 10.8 Å². The molecule has 1 fully saturated rings. The minimum Gasteiger partial charge on any atom is -0.307 e. The average Bonchev–Trinajstić information content (AvgIpc) is 3.09. The highest BCUT2D eigenvalue weighted by molar-refractivity contribution is 7.89. The molecule has 0 bridgehead atoms. The molecule has 1 aromatic carbocycles. The van der Waals surface area contributed by atoms with Crippen LogP contribution in [0.5, 0.6) is 0 Å². The molecule has 0 saturated carbocycles. The Kier molecular flexibility index (Phi) is 5.43. The van der Waals surface area contributed by atoms with E-state index in [1.54, 1.807) is 25.3 Å². The van der Waals surface area contributed by atoms with Gasteiger partial charge in [0.15, 0.2) is 0 Å². The molecule has 0 spiro atoms. The van der Waals surface area contributed by atoms with Crippen LogP contribution in [-0.4, -0.2) is 41.9 Å². The molecule has 1 aliphatic heterocycles. The van der Waals surface area contributed by atoms with E-state index in [9.17, 15) is 13.2 Å². The molecule has 7 nitrogen and oxygen atoms in total. The zero-order valence-electron chi connectivity index (χ0n) is 15.1. The maximum atomic E-state index is 13.0. The lowest BCUT2D eigenvalue weighted by molar-refractivity contribution is 0.102. The first kappa shape index (κ1) is 18.6. The van der Waals surface area contributed by atoms with Crippen molar-refractivity contribution in [2.24, 2.45) is 0 Å². The van der Waals surface area contributed by atoms with Gasteiger partial charge in [0, 0.05) is 24.2 Å². The van der Waals surface area contributed by atoms with Gasteiger partial charge < -0.3 is 5.32 Å². The fourth-order valence-corrected chi connectivity index (χ4v) is 4.90. The van der Waals surface area contributed by atoms with Crippen molar-refractivity contribution < 1.29 is 13.2 Å². The van der Waals surface area contributed by atoms with E-state index in [2.05, 4.69) is 15.5 Å². The number of aromatic nitrogens is 2. The molecule has 26 heavy (non-hydrogen) atoms. The van der Waals surface area contributed by atoms with Crippen LogP contribution >= 0.6 is 0 Å². The van der Waals surface area contributed by atoms with Crippen molar-refractivity contribution in [2.75, 3.05) is 18.4 Å². The van der Waals surface area contributed by atoms with Crippen LogP contribution in [0.2, 0.25) is 0 Å². The third-order valence-electron chi connectivity index (χ3n) is 4.72. The highest BCUT2D eigenvalue weighted by Crippen LogP contribution is 2.25. The molecule has 2 heterocycles. The number of anilines is 1. The highest BCUT2D eigenvalue weighted by Gasteiger charge is 2.28. The van der Waals surface area contributed by atoms with Gasteiger partial charge in [0.1, 0.15) is 5.82 Å². The number of nitrogens with zero attached hydrogens (tertiary/aromatic N) is 2. The van der Waals surface area contributed by atoms with Crippen LogP contribution in [0.3, 0.4) is 0 Å². The lowest BCUT2D eigenvalue weighted by Gasteiger charge is -2.26. The summed E-state index contributed by atoms with van der Waals surface area (Å²) in [5.74, 6) is 0.178. The molecule has 1 amide bonds. The van der Waals surface area contributed by atoms with Crippen LogP contribution in [0.15, 0.2) is 29.3 Å². The number of aromatic amines is 1. The van der Waals surface area contributed by atoms with Gasteiger partial charge >= 0.3 is 0 Å². The van der Waals surface area contributed by atoms with Gasteiger partial charge in [0.2, 0.25) is 10.0 Å². The van der Waals surface area contributed by atoms with Crippen molar-refractivity contribution in [3.05, 3.63) is 41.1 Å². The second-order valence-electron chi connectivity index (χ2n) is 6.52. The largest absolute Gasteiger partial charge is 0.307 e. The van der Waals surface area contributed by atoms with Gasteiger partial charge in [0.25, 0.3) is 5.91 Å². The highest BCUT2D eigenvalue weighted by atomic mass is 32.2. The van der Waals surface area contributed by atoms with E-state index in [4.69, 9.17) is 0 Å². The standard InChI is InChI=1S/C18H24N4O3S/c1-3-14-12-19-21-17(14)20-18(23)15-8-7-13(2)16(11-15)26(24,25)22-9-5-4-6-10-22/h7-8,11-12H,3-6,9-10H2,1-2H3,(H2,19,20,21,23). The number of aryl methyl sites for hydroxylation is 2. The Hall–Kier alpha value is -2.19. The minimum absolute atomic E-state index is 0.201. The van der Waals surface area contributed by atoms with Crippen LogP contribution in [0, 0.1) is 6.92 Å². The molecular weight excluding hydrogens is 352 g/mol. The van der Waals surface area contributed by atoms with Crippen molar-refractivity contribution in [3.63, 3.8) is 0 Å². The lowest BCUT2D eigenvalue weighted by atomic mass is 10.1. The molecule has 0 atom stereocenters. The molecule has 0 unspecified atom stereocenters. The summed E-state index contributed by atoms with van der Waals surface area (Å²) in [5.41, 5.74) is 1.84. The maximum Gasteiger partial charge on any atom is 0.256 e. The van der Waals surface area contributed by atoms with E-state index in [0.29, 0.717) is 30.0 Å². The Morgan fingerprint density at radius 2 is 2.00 bits per heavy atom. The lowest BCUT2D eigenvalue weighted by Crippen LogP contribution is -2.36. The molecule has 0 aliphatic carbocycles. The van der Waals surface area contributed by atoms with E-state index < -0.39 is 10.0 Å². The summed E-state index contributed by atoms with van der Waals surface area (Å²) in [7, 11) is -3.59. The smallest absolute Gasteiger partial charge is 0.256 e. The fourth-order valence-electron chi connectivity index (χ4n) is 3.14. The van der Waals surface area contributed by atoms with Crippen molar-refractivity contribution in [1.82, 2.24) is 14.5 Å². The van der Waals surface area contributed by atoms with Crippen LogP contribution in [0.25, 0.3) is 0 Å². The summed E-state index contributed by atoms with van der Waals surface area (Å²) in [6, 6.07) is 4.79. The Balaban J connectivity index is 1.88. The molecule has 140 valence electrons. The number of amides is 1. The minimum atomic E-state index is -3.59.